The fourth-order valence-corrected chi connectivity index (χ4v) is 3.25. The molecule has 0 fully saturated rings. The predicted octanol–water partition coefficient (Wildman–Crippen LogP) is 3.28. The summed E-state index contributed by atoms with van der Waals surface area (Å²) in [5.74, 6) is -0.333. The molecular formula is C15H15N3O2S. The summed E-state index contributed by atoms with van der Waals surface area (Å²) < 4.78 is 7.90. The first-order valence-electron chi connectivity index (χ1n) is 6.71. The van der Waals surface area contributed by atoms with Gasteiger partial charge in [0, 0.05) is 0 Å². The summed E-state index contributed by atoms with van der Waals surface area (Å²) in [5, 5.41) is 5.20. The number of para-hydroxylation sites is 1. The minimum absolute atomic E-state index is 0.333. The number of rotatable bonds is 3. The molecule has 5 nitrogen and oxygen atoms in total. The van der Waals surface area contributed by atoms with Gasteiger partial charge in [0.05, 0.1) is 28.2 Å². The molecule has 2 heterocycles. The van der Waals surface area contributed by atoms with Gasteiger partial charge in [0.2, 0.25) is 5.13 Å². The highest BCUT2D eigenvalue weighted by atomic mass is 32.1. The topological polar surface area (TPSA) is 57.0 Å². The Balaban J connectivity index is 2.10. The average Bonchev–Trinajstić information content (AvgIpc) is 3.00. The number of nitrogens with zero attached hydrogens (tertiary/aromatic N) is 3. The lowest BCUT2D eigenvalue weighted by Gasteiger charge is -2.02. The molecule has 3 rings (SSSR count). The van der Waals surface area contributed by atoms with E-state index in [0.29, 0.717) is 17.9 Å². The fourth-order valence-electron chi connectivity index (χ4n) is 2.28. The van der Waals surface area contributed by atoms with Crippen molar-refractivity contribution in [3.8, 4) is 5.13 Å². The molecule has 0 saturated carbocycles. The van der Waals surface area contributed by atoms with Crippen molar-refractivity contribution in [1.29, 1.82) is 0 Å². The molecule has 0 aliphatic rings. The quantitative estimate of drug-likeness (QED) is 0.697. The van der Waals surface area contributed by atoms with E-state index in [9.17, 15) is 4.79 Å². The van der Waals surface area contributed by atoms with Crippen LogP contribution in [0.25, 0.3) is 15.3 Å². The van der Waals surface area contributed by atoms with E-state index >= 15 is 0 Å². The van der Waals surface area contributed by atoms with Crippen molar-refractivity contribution in [2.75, 3.05) is 6.61 Å². The van der Waals surface area contributed by atoms with E-state index in [1.54, 1.807) is 22.9 Å². The Kier molecular flexibility index (Phi) is 3.47. The number of hydrogen-bond donors (Lipinski definition) is 0. The highest BCUT2D eigenvalue weighted by molar-refractivity contribution is 7.20. The lowest BCUT2D eigenvalue weighted by Crippen LogP contribution is -2.07. The summed E-state index contributed by atoms with van der Waals surface area (Å²) in [5.41, 5.74) is 2.87. The standard InChI is InChI=1S/C15H15N3O2S/c1-4-20-14(19)13-9(2)17-18(10(13)3)15-16-11-7-5-6-8-12(11)21-15/h5-8H,4H2,1-3H3. The highest BCUT2D eigenvalue weighted by Gasteiger charge is 2.21. The number of ether oxygens (including phenoxy) is 1. The summed E-state index contributed by atoms with van der Waals surface area (Å²) in [6, 6.07) is 7.92. The highest BCUT2D eigenvalue weighted by Crippen LogP contribution is 2.26. The second-order valence-corrected chi connectivity index (χ2v) is 5.65. The van der Waals surface area contributed by atoms with Crippen LogP contribution in [0.4, 0.5) is 0 Å². The van der Waals surface area contributed by atoms with Crippen molar-refractivity contribution in [3.05, 3.63) is 41.2 Å². The van der Waals surface area contributed by atoms with Crippen LogP contribution in [0, 0.1) is 13.8 Å². The molecule has 0 unspecified atom stereocenters. The number of aryl methyl sites for hydroxylation is 1. The van der Waals surface area contributed by atoms with E-state index in [1.165, 1.54) is 0 Å². The van der Waals surface area contributed by atoms with Crippen LogP contribution in [-0.2, 0) is 4.74 Å². The van der Waals surface area contributed by atoms with E-state index in [-0.39, 0.29) is 5.97 Å². The molecule has 0 radical (unpaired) electrons. The van der Waals surface area contributed by atoms with Gasteiger partial charge in [-0.05, 0) is 32.9 Å². The van der Waals surface area contributed by atoms with Crippen molar-refractivity contribution in [3.63, 3.8) is 0 Å². The first-order chi connectivity index (χ1) is 10.1. The van der Waals surface area contributed by atoms with Gasteiger partial charge >= 0.3 is 5.97 Å². The first kappa shape index (κ1) is 13.8. The Hall–Kier alpha value is -2.21. The zero-order valence-corrected chi connectivity index (χ0v) is 12.9. The van der Waals surface area contributed by atoms with Crippen LogP contribution in [0.1, 0.15) is 28.7 Å². The molecule has 0 spiro atoms. The summed E-state index contributed by atoms with van der Waals surface area (Å²) >= 11 is 1.55. The molecule has 0 amide bonds. The van der Waals surface area contributed by atoms with Gasteiger partial charge in [0.25, 0.3) is 0 Å². The van der Waals surface area contributed by atoms with Crippen molar-refractivity contribution in [2.45, 2.75) is 20.8 Å². The second-order valence-electron chi connectivity index (χ2n) is 4.64. The monoisotopic (exact) mass is 301 g/mol. The van der Waals surface area contributed by atoms with Gasteiger partial charge in [0.15, 0.2) is 0 Å². The van der Waals surface area contributed by atoms with Crippen molar-refractivity contribution in [2.24, 2.45) is 0 Å². The Morgan fingerprint density at radius 1 is 1.33 bits per heavy atom. The molecule has 0 saturated heterocycles. The minimum Gasteiger partial charge on any atom is -0.462 e. The summed E-state index contributed by atoms with van der Waals surface area (Å²) in [4.78, 5) is 16.6. The normalized spacial score (nSPS) is 11.0. The predicted molar refractivity (Wildman–Crippen MR) is 82.2 cm³/mol. The zero-order valence-electron chi connectivity index (χ0n) is 12.1. The Morgan fingerprint density at radius 3 is 2.81 bits per heavy atom. The first-order valence-corrected chi connectivity index (χ1v) is 7.52. The number of aromatic nitrogens is 3. The molecule has 2 aromatic heterocycles. The van der Waals surface area contributed by atoms with Crippen LogP contribution < -0.4 is 0 Å². The van der Waals surface area contributed by atoms with Crippen molar-refractivity contribution in [1.82, 2.24) is 14.8 Å². The van der Waals surface area contributed by atoms with E-state index < -0.39 is 0 Å². The van der Waals surface area contributed by atoms with Crippen molar-refractivity contribution >= 4 is 27.5 Å². The Labute approximate surface area is 126 Å². The number of carbonyl (C=O) groups is 1. The second kappa shape index (κ2) is 5.29. The number of carbonyl (C=O) groups excluding carboxylic acids is 1. The zero-order chi connectivity index (χ0) is 15.0. The molecule has 3 aromatic rings. The number of thiazole rings is 1. The molecule has 21 heavy (non-hydrogen) atoms. The molecule has 0 atom stereocenters. The van der Waals surface area contributed by atoms with Crippen LogP contribution >= 0.6 is 11.3 Å². The van der Waals surface area contributed by atoms with Crippen molar-refractivity contribution < 1.29 is 9.53 Å². The molecule has 0 bridgehead atoms. The van der Waals surface area contributed by atoms with E-state index in [2.05, 4.69) is 10.1 Å². The third kappa shape index (κ3) is 2.31. The van der Waals surface area contributed by atoms with E-state index in [0.717, 1.165) is 21.0 Å². The maximum absolute atomic E-state index is 12.0. The SMILES string of the molecule is CCOC(=O)c1c(C)nn(-c2nc3ccccc3s2)c1C. The lowest BCUT2D eigenvalue weighted by molar-refractivity contribution is 0.0524. The molecule has 1 aromatic carbocycles. The van der Waals surface area contributed by atoms with Crippen LogP contribution in [0.2, 0.25) is 0 Å². The van der Waals surface area contributed by atoms with Crippen LogP contribution in [0.15, 0.2) is 24.3 Å². The number of hydrogen-bond acceptors (Lipinski definition) is 5. The minimum atomic E-state index is -0.333. The smallest absolute Gasteiger partial charge is 0.341 e. The van der Waals surface area contributed by atoms with E-state index in [4.69, 9.17) is 4.74 Å². The Morgan fingerprint density at radius 2 is 2.10 bits per heavy atom. The number of benzene rings is 1. The molecule has 108 valence electrons. The largest absolute Gasteiger partial charge is 0.462 e. The van der Waals surface area contributed by atoms with Crippen LogP contribution in [0.5, 0.6) is 0 Å². The number of fused-ring (bicyclic) bond motifs is 1. The molecule has 6 heteroatoms. The number of esters is 1. The van der Waals surface area contributed by atoms with Gasteiger partial charge in [0.1, 0.15) is 5.56 Å². The summed E-state index contributed by atoms with van der Waals surface area (Å²) in [6.45, 7) is 5.81. The maximum Gasteiger partial charge on any atom is 0.341 e. The van der Waals surface area contributed by atoms with E-state index in [1.807, 2.05) is 38.1 Å². The van der Waals surface area contributed by atoms with Gasteiger partial charge in [-0.1, -0.05) is 23.5 Å². The molecule has 0 aliphatic heterocycles. The van der Waals surface area contributed by atoms with Crippen LogP contribution in [-0.4, -0.2) is 27.3 Å². The average molecular weight is 301 g/mol. The molecule has 0 N–H and O–H groups in total. The third-order valence-corrected chi connectivity index (χ3v) is 4.25. The third-order valence-electron chi connectivity index (χ3n) is 3.23. The maximum atomic E-state index is 12.0. The summed E-state index contributed by atoms with van der Waals surface area (Å²) in [7, 11) is 0. The van der Waals surface area contributed by atoms with Gasteiger partial charge in [-0.25, -0.2) is 14.5 Å². The summed E-state index contributed by atoms with van der Waals surface area (Å²) in [6.07, 6.45) is 0. The fraction of sp³-hybridized carbons (Fsp3) is 0.267. The lowest BCUT2D eigenvalue weighted by atomic mass is 10.2. The molecule has 0 aliphatic carbocycles. The van der Waals surface area contributed by atoms with Gasteiger partial charge < -0.3 is 4.74 Å². The van der Waals surface area contributed by atoms with Gasteiger partial charge in [-0.2, -0.15) is 5.10 Å². The van der Waals surface area contributed by atoms with Gasteiger partial charge in [-0.15, -0.1) is 0 Å². The Bertz CT molecular complexity index is 787. The molecular weight excluding hydrogens is 286 g/mol. The van der Waals surface area contributed by atoms with Crippen LogP contribution in [0.3, 0.4) is 0 Å². The van der Waals surface area contributed by atoms with Gasteiger partial charge in [-0.3, -0.25) is 0 Å².